The maximum absolute atomic E-state index is 12.4. The molecule has 4 nitrogen and oxygen atoms in total. The molecule has 0 atom stereocenters. The zero-order valence-corrected chi connectivity index (χ0v) is 11.4. The highest BCUT2D eigenvalue weighted by atomic mass is 19.4. The minimum absolute atomic E-state index is 0.0505. The van der Waals surface area contributed by atoms with E-state index in [1.54, 1.807) is 19.9 Å². The second-order valence-electron chi connectivity index (χ2n) is 4.38. The predicted octanol–water partition coefficient (Wildman–Crippen LogP) is 3.21. The van der Waals surface area contributed by atoms with Gasteiger partial charge in [-0.3, -0.25) is 4.79 Å². The van der Waals surface area contributed by atoms with Crippen molar-refractivity contribution in [3.05, 3.63) is 45.9 Å². The molecular formula is C14H13F3N2O2. The summed E-state index contributed by atoms with van der Waals surface area (Å²) in [6, 6.07) is 5.54. The maximum Gasteiger partial charge on any atom is 0.573 e. The number of aromatic amines is 1. The molecule has 0 amide bonds. The van der Waals surface area contributed by atoms with Gasteiger partial charge in [-0.25, -0.2) is 4.98 Å². The Morgan fingerprint density at radius 2 is 1.95 bits per heavy atom. The van der Waals surface area contributed by atoms with Crippen molar-refractivity contribution in [1.82, 2.24) is 9.97 Å². The zero-order chi connectivity index (χ0) is 15.6. The van der Waals surface area contributed by atoms with Crippen LogP contribution >= 0.6 is 0 Å². The fourth-order valence-electron chi connectivity index (χ4n) is 2.03. The number of halogens is 3. The molecule has 0 aliphatic heterocycles. The third-order valence-electron chi connectivity index (χ3n) is 2.94. The van der Waals surface area contributed by atoms with Gasteiger partial charge >= 0.3 is 6.36 Å². The van der Waals surface area contributed by atoms with E-state index >= 15 is 0 Å². The standard InChI is InChI=1S/C14H13F3N2O2/c1-3-9-8(2)18-12(19-13(9)20)10-6-4-5-7-11(10)21-14(15,16)17/h4-7H,3H2,1-2H3,(H,18,19,20). The molecule has 0 spiro atoms. The fourth-order valence-corrected chi connectivity index (χ4v) is 2.03. The van der Waals surface area contributed by atoms with Crippen LogP contribution in [0.25, 0.3) is 11.4 Å². The smallest absolute Gasteiger partial charge is 0.405 e. The Hall–Kier alpha value is -2.31. The number of hydrogen-bond donors (Lipinski definition) is 1. The third kappa shape index (κ3) is 3.42. The number of nitrogens with one attached hydrogen (secondary N) is 1. The summed E-state index contributed by atoms with van der Waals surface area (Å²) in [5.41, 5.74) is 0.713. The van der Waals surface area contributed by atoms with Crippen LogP contribution in [0.1, 0.15) is 18.2 Å². The molecule has 0 aliphatic rings. The number of H-pyrrole nitrogens is 1. The lowest BCUT2D eigenvalue weighted by Crippen LogP contribution is -2.19. The van der Waals surface area contributed by atoms with Crippen molar-refractivity contribution in [3.8, 4) is 17.1 Å². The fraction of sp³-hybridized carbons (Fsp3) is 0.286. The highest BCUT2D eigenvalue weighted by Crippen LogP contribution is 2.31. The molecule has 112 valence electrons. The van der Waals surface area contributed by atoms with E-state index < -0.39 is 12.1 Å². The summed E-state index contributed by atoms with van der Waals surface area (Å²) in [6.45, 7) is 3.45. The molecule has 7 heteroatoms. The van der Waals surface area contributed by atoms with E-state index in [-0.39, 0.29) is 16.9 Å². The molecule has 0 aliphatic carbocycles. The summed E-state index contributed by atoms with van der Waals surface area (Å²) in [5.74, 6) is -0.355. The Balaban J connectivity index is 2.55. The van der Waals surface area contributed by atoms with Gasteiger partial charge in [0.15, 0.2) is 0 Å². The lowest BCUT2D eigenvalue weighted by atomic mass is 10.1. The van der Waals surface area contributed by atoms with Crippen molar-refractivity contribution in [2.24, 2.45) is 0 Å². The van der Waals surface area contributed by atoms with Crippen LogP contribution in [-0.4, -0.2) is 16.3 Å². The number of ether oxygens (including phenoxy) is 1. The number of alkyl halides is 3. The maximum atomic E-state index is 12.4. The zero-order valence-electron chi connectivity index (χ0n) is 11.4. The van der Waals surface area contributed by atoms with E-state index in [1.165, 1.54) is 18.2 Å². The van der Waals surface area contributed by atoms with Crippen LogP contribution in [0.3, 0.4) is 0 Å². The largest absolute Gasteiger partial charge is 0.573 e. The number of benzene rings is 1. The van der Waals surface area contributed by atoms with Crippen LogP contribution in [0.4, 0.5) is 13.2 Å². The molecule has 0 saturated heterocycles. The van der Waals surface area contributed by atoms with Crippen molar-refractivity contribution < 1.29 is 17.9 Å². The van der Waals surface area contributed by atoms with E-state index in [0.29, 0.717) is 17.7 Å². The van der Waals surface area contributed by atoms with Crippen molar-refractivity contribution in [2.45, 2.75) is 26.6 Å². The van der Waals surface area contributed by atoms with Crippen LogP contribution < -0.4 is 10.3 Å². The first-order chi connectivity index (χ1) is 9.81. The van der Waals surface area contributed by atoms with Gasteiger partial charge in [0.25, 0.3) is 5.56 Å². The molecule has 21 heavy (non-hydrogen) atoms. The molecule has 0 fully saturated rings. The SMILES string of the molecule is CCc1c(C)nc(-c2ccccc2OC(F)(F)F)[nH]c1=O. The molecule has 1 heterocycles. The average Bonchev–Trinajstić information content (AvgIpc) is 2.37. The summed E-state index contributed by atoms with van der Waals surface area (Å²) >= 11 is 0. The number of aryl methyl sites for hydroxylation is 1. The monoisotopic (exact) mass is 298 g/mol. The van der Waals surface area contributed by atoms with Crippen LogP contribution in [0.15, 0.2) is 29.1 Å². The van der Waals surface area contributed by atoms with Crippen molar-refractivity contribution in [1.29, 1.82) is 0 Å². The molecule has 2 rings (SSSR count). The summed E-state index contributed by atoms with van der Waals surface area (Å²) in [6.07, 6.45) is -4.32. The quantitative estimate of drug-likeness (QED) is 0.946. The molecule has 0 radical (unpaired) electrons. The van der Waals surface area contributed by atoms with Gasteiger partial charge in [-0.1, -0.05) is 19.1 Å². The highest BCUT2D eigenvalue weighted by molar-refractivity contribution is 5.64. The predicted molar refractivity (Wildman–Crippen MR) is 71.1 cm³/mol. The van der Waals surface area contributed by atoms with Gasteiger partial charge in [0.05, 0.1) is 5.56 Å². The van der Waals surface area contributed by atoms with Gasteiger partial charge in [0.1, 0.15) is 11.6 Å². The van der Waals surface area contributed by atoms with E-state index in [2.05, 4.69) is 14.7 Å². The molecule has 1 N–H and O–H groups in total. The Labute approximate surface area is 118 Å². The Morgan fingerprint density at radius 1 is 1.29 bits per heavy atom. The number of hydrogen-bond acceptors (Lipinski definition) is 3. The molecule has 0 unspecified atom stereocenters. The van der Waals surface area contributed by atoms with Crippen molar-refractivity contribution >= 4 is 0 Å². The number of nitrogens with zero attached hydrogens (tertiary/aromatic N) is 1. The first-order valence-electron chi connectivity index (χ1n) is 6.26. The first kappa shape index (κ1) is 15.1. The lowest BCUT2D eigenvalue weighted by molar-refractivity contribution is -0.274. The van der Waals surface area contributed by atoms with Crippen LogP contribution in [0.5, 0.6) is 5.75 Å². The van der Waals surface area contributed by atoms with Crippen LogP contribution in [0.2, 0.25) is 0 Å². The topological polar surface area (TPSA) is 55.0 Å². The summed E-state index contributed by atoms with van der Waals surface area (Å²) in [7, 11) is 0. The summed E-state index contributed by atoms with van der Waals surface area (Å²) in [4.78, 5) is 18.6. The minimum atomic E-state index is -4.81. The van der Waals surface area contributed by atoms with Crippen LogP contribution in [-0.2, 0) is 6.42 Å². The van der Waals surface area contributed by atoms with Gasteiger partial charge in [0, 0.05) is 11.3 Å². The third-order valence-corrected chi connectivity index (χ3v) is 2.94. The second-order valence-corrected chi connectivity index (χ2v) is 4.38. The van der Waals surface area contributed by atoms with Crippen molar-refractivity contribution in [3.63, 3.8) is 0 Å². The van der Waals surface area contributed by atoms with Crippen LogP contribution in [0, 0.1) is 6.92 Å². The molecule has 2 aromatic rings. The molecule has 0 saturated carbocycles. The number of aromatic nitrogens is 2. The lowest BCUT2D eigenvalue weighted by Gasteiger charge is -2.13. The summed E-state index contributed by atoms with van der Waals surface area (Å²) < 4.78 is 41.2. The highest BCUT2D eigenvalue weighted by Gasteiger charge is 2.32. The average molecular weight is 298 g/mol. The molecule has 1 aromatic carbocycles. The Morgan fingerprint density at radius 3 is 2.52 bits per heavy atom. The second kappa shape index (κ2) is 5.59. The van der Waals surface area contributed by atoms with Gasteiger partial charge in [-0.05, 0) is 25.5 Å². The van der Waals surface area contributed by atoms with Gasteiger partial charge in [0.2, 0.25) is 0 Å². The van der Waals surface area contributed by atoms with E-state index in [4.69, 9.17) is 0 Å². The molecular weight excluding hydrogens is 285 g/mol. The first-order valence-corrected chi connectivity index (χ1v) is 6.26. The Kier molecular flexibility index (Phi) is 4.02. The molecule has 0 bridgehead atoms. The number of rotatable bonds is 3. The van der Waals surface area contributed by atoms with E-state index in [1.807, 2.05) is 0 Å². The molecule has 1 aromatic heterocycles. The minimum Gasteiger partial charge on any atom is -0.405 e. The summed E-state index contributed by atoms with van der Waals surface area (Å²) in [5, 5.41) is 0. The Bertz CT molecular complexity index is 708. The van der Waals surface area contributed by atoms with Gasteiger partial charge in [-0.15, -0.1) is 13.2 Å². The van der Waals surface area contributed by atoms with Gasteiger partial charge in [-0.2, -0.15) is 0 Å². The number of para-hydroxylation sites is 1. The van der Waals surface area contributed by atoms with E-state index in [9.17, 15) is 18.0 Å². The normalized spacial score (nSPS) is 11.5. The van der Waals surface area contributed by atoms with Crippen molar-refractivity contribution in [2.75, 3.05) is 0 Å². The van der Waals surface area contributed by atoms with E-state index in [0.717, 1.165) is 0 Å². The van der Waals surface area contributed by atoms with Gasteiger partial charge < -0.3 is 9.72 Å².